The maximum absolute atomic E-state index is 12.7. The zero-order chi connectivity index (χ0) is 13.1. The summed E-state index contributed by atoms with van der Waals surface area (Å²) in [6, 6.07) is 7.40. The second kappa shape index (κ2) is 4.67. The summed E-state index contributed by atoms with van der Waals surface area (Å²) in [4.78, 5) is 11.9. The third-order valence-electron chi connectivity index (χ3n) is 2.43. The van der Waals surface area contributed by atoms with Crippen LogP contribution in [0.4, 0.5) is 10.2 Å². The van der Waals surface area contributed by atoms with Gasteiger partial charge in [-0.05, 0) is 17.7 Å². The SMILES string of the molecule is N#Cc1cnn(C(=O)Cc2ccc(F)cc2)c1N. The molecule has 2 rings (SSSR count). The molecule has 1 aromatic carbocycles. The van der Waals surface area contributed by atoms with Gasteiger partial charge in [-0.15, -0.1) is 0 Å². The summed E-state index contributed by atoms with van der Waals surface area (Å²) in [5.74, 6) is -0.721. The van der Waals surface area contributed by atoms with Crippen molar-refractivity contribution >= 4 is 11.7 Å². The van der Waals surface area contributed by atoms with Crippen LogP contribution in [-0.2, 0) is 6.42 Å². The molecule has 1 heterocycles. The van der Waals surface area contributed by atoms with Crippen molar-refractivity contribution in [2.75, 3.05) is 5.73 Å². The molecular formula is C12H9FN4O. The molecule has 0 bridgehead atoms. The Bertz CT molecular complexity index is 625. The smallest absolute Gasteiger partial charge is 0.253 e. The van der Waals surface area contributed by atoms with E-state index in [0.717, 1.165) is 4.68 Å². The minimum absolute atomic E-state index is 0.0182. The van der Waals surface area contributed by atoms with E-state index in [1.165, 1.54) is 30.5 Å². The number of hydrogen-bond acceptors (Lipinski definition) is 4. The van der Waals surface area contributed by atoms with Gasteiger partial charge in [-0.2, -0.15) is 15.0 Å². The van der Waals surface area contributed by atoms with Gasteiger partial charge in [0.05, 0.1) is 12.6 Å². The van der Waals surface area contributed by atoms with E-state index in [1.807, 2.05) is 6.07 Å². The molecule has 0 radical (unpaired) electrons. The van der Waals surface area contributed by atoms with Gasteiger partial charge in [-0.1, -0.05) is 12.1 Å². The van der Waals surface area contributed by atoms with Gasteiger partial charge < -0.3 is 5.73 Å². The number of nitrogens with zero attached hydrogens (tertiary/aromatic N) is 3. The second-order valence-electron chi connectivity index (χ2n) is 3.66. The number of halogens is 1. The molecule has 6 heteroatoms. The zero-order valence-electron chi connectivity index (χ0n) is 9.30. The highest BCUT2D eigenvalue weighted by Gasteiger charge is 2.13. The first-order chi connectivity index (χ1) is 8.61. The van der Waals surface area contributed by atoms with Gasteiger partial charge in [-0.3, -0.25) is 4.79 Å². The Kier molecular flexibility index (Phi) is 3.06. The number of hydrogen-bond donors (Lipinski definition) is 1. The van der Waals surface area contributed by atoms with Crippen molar-refractivity contribution in [2.24, 2.45) is 0 Å². The lowest BCUT2D eigenvalue weighted by atomic mass is 10.1. The molecular weight excluding hydrogens is 235 g/mol. The zero-order valence-corrected chi connectivity index (χ0v) is 9.30. The van der Waals surface area contributed by atoms with E-state index in [4.69, 9.17) is 11.0 Å². The fraction of sp³-hybridized carbons (Fsp3) is 0.0833. The van der Waals surface area contributed by atoms with E-state index in [0.29, 0.717) is 5.56 Å². The van der Waals surface area contributed by atoms with E-state index < -0.39 is 0 Å². The van der Waals surface area contributed by atoms with E-state index in [2.05, 4.69) is 5.10 Å². The number of aromatic nitrogens is 2. The fourth-order valence-electron chi connectivity index (χ4n) is 1.49. The van der Waals surface area contributed by atoms with Crippen LogP contribution < -0.4 is 5.73 Å². The van der Waals surface area contributed by atoms with Gasteiger partial charge in [0, 0.05) is 0 Å². The molecule has 0 fully saturated rings. The Hall–Kier alpha value is -2.68. The molecule has 0 aliphatic rings. The molecule has 18 heavy (non-hydrogen) atoms. The maximum atomic E-state index is 12.7. The number of rotatable bonds is 2. The van der Waals surface area contributed by atoms with Crippen molar-refractivity contribution in [1.29, 1.82) is 5.26 Å². The van der Waals surface area contributed by atoms with Crippen molar-refractivity contribution in [1.82, 2.24) is 9.78 Å². The molecule has 0 saturated heterocycles. The second-order valence-corrected chi connectivity index (χ2v) is 3.66. The number of nitrogen functional groups attached to an aromatic ring is 1. The van der Waals surface area contributed by atoms with E-state index >= 15 is 0 Å². The molecule has 0 atom stereocenters. The number of carbonyl (C=O) groups is 1. The third kappa shape index (κ3) is 2.20. The highest BCUT2D eigenvalue weighted by Crippen LogP contribution is 2.11. The Morgan fingerprint density at radius 2 is 2.11 bits per heavy atom. The summed E-state index contributed by atoms with van der Waals surface area (Å²) in [5.41, 5.74) is 6.39. The molecule has 0 spiro atoms. The molecule has 0 amide bonds. The van der Waals surface area contributed by atoms with E-state index in [1.54, 1.807) is 0 Å². The Morgan fingerprint density at radius 3 is 2.67 bits per heavy atom. The van der Waals surface area contributed by atoms with Gasteiger partial charge in [0.1, 0.15) is 23.3 Å². The van der Waals surface area contributed by atoms with Gasteiger partial charge >= 0.3 is 0 Å². The van der Waals surface area contributed by atoms with Crippen LogP contribution in [0, 0.1) is 17.1 Å². The molecule has 1 aromatic heterocycles. The molecule has 90 valence electrons. The monoisotopic (exact) mass is 244 g/mol. The number of anilines is 1. The lowest BCUT2D eigenvalue weighted by Crippen LogP contribution is -2.17. The highest BCUT2D eigenvalue weighted by molar-refractivity contribution is 5.84. The predicted molar refractivity (Wildman–Crippen MR) is 62.1 cm³/mol. The highest BCUT2D eigenvalue weighted by atomic mass is 19.1. The largest absolute Gasteiger partial charge is 0.382 e. The normalized spacial score (nSPS) is 10.0. The first kappa shape index (κ1) is 11.8. The van der Waals surface area contributed by atoms with Crippen LogP contribution in [-0.4, -0.2) is 15.7 Å². The van der Waals surface area contributed by atoms with E-state index in [-0.39, 0.29) is 29.5 Å². The van der Waals surface area contributed by atoms with Crippen LogP contribution >= 0.6 is 0 Å². The van der Waals surface area contributed by atoms with Crippen molar-refractivity contribution in [3.05, 3.63) is 47.4 Å². The lowest BCUT2D eigenvalue weighted by molar-refractivity contribution is 0.0901. The molecule has 0 aliphatic heterocycles. The predicted octanol–water partition coefficient (Wildman–Crippen LogP) is 1.36. The average Bonchev–Trinajstić information content (AvgIpc) is 2.73. The van der Waals surface area contributed by atoms with Crippen molar-refractivity contribution in [3.8, 4) is 6.07 Å². The number of carbonyl (C=O) groups excluding carboxylic acids is 1. The van der Waals surface area contributed by atoms with Crippen molar-refractivity contribution in [2.45, 2.75) is 6.42 Å². The van der Waals surface area contributed by atoms with Gasteiger partial charge in [-0.25, -0.2) is 4.39 Å². The van der Waals surface area contributed by atoms with Crippen molar-refractivity contribution in [3.63, 3.8) is 0 Å². The molecule has 5 nitrogen and oxygen atoms in total. The standard InChI is InChI=1S/C12H9FN4O/c13-10-3-1-8(2-4-10)5-11(18)17-12(15)9(6-14)7-16-17/h1-4,7H,5,15H2. The number of benzene rings is 1. The van der Waals surface area contributed by atoms with Crippen LogP contribution in [0.2, 0.25) is 0 Å². The molecule has 0 saturated carbocycles. The summed E-state index contributed by atoms with van der Waals surface area (Å²) in [6.45, 7) is 0. The number of nitrogens with two attached hydrogens (primary N) is 1. The third-order valence-corrected chi connectivity index (χ3v) is 2.43. The first-order valence-electron chi connectivity index (χ1n) is 5.13. The molecule has 0 unspecified atom stereocenters. The first-order valence-corrected chi connectivity index (χ1v) is 5.13. The van der Waals surface area contributed by atoms with Crippen LogP contribution in [0.25, 0.3) is 0 Å². The average molecular weight is 244 g/mol. The topological polar surface area (TPSA) is 84.7 Å². The minimum Gasteiger partial charge on any atom is -0.382 e. The molecule has 2 aromatic rings. The molecule has 2 N–H and O–H groups in total. The maximum Gasteiger partial charge on any atom is 0.253 e. The van der Waals surface area contributed by atoms with Gasteiger partial charge in [0.2, 0.25) is 0 Å². The summed E-state index contributed by atoms with van der Waals surface area (Å²) in [6.07, 6.45) is 1.27. The Morgan fingerprint density at radius 1 is 1.44 bits per heavy atom. The van der Waals surface area contributed by atoms with Crippen LogP contribution in [0.15, 0.2) is 30.5 Å². The van der Waals surface area contributed by atoms with Gasteiger partial charge in [0.25, 0.3) is 5.91 Å². The summed E-state index contributed by atoms with van der Waals surface area (Å²) in [5, 5.41) is 12.4. The Balaban J connectivity index is 2.20. The summed E-state index contributed by atoms with van der Waals surface area (Å²) in [7, 11) is 0. The summed E-state index contributed by atoms with van der Waals surface area (Å²) >= 11 is 0. The lowest BCUT2D eigenvalue weighted by Gasteiger charge is -2.03. The van der Waals surface area contributed by atoms with Gasteiger partial charge in [0.15, 0.2) is 0 Å². The Labute approximate surface area is 102 Å². The van der Waals surface area contributed by atoms with Crippen LogP contribution in [0.5, 0.6) is 0 Å². The van der Waals surface area contributed by atoms with Crippen molar-refractivity contribution < 1.29 is 9.18 Å². The van der Waals surface area contributed by atoms with Crippen LogP contribution in [0.3, 0.4) is 0 Å². The quantitative estimate of drug-likeness (QED) is 0.864. The number of nitriles is 1. The minimum atomic E-state index is -0.374. The summed E-state index contributed by atoms with van der Waals surface area (Å²) < 4.78 is 13.7. The molecule has 0 aliphatic carbocycles. The van der Waals surface area contributed by atoms with E-state index in [9.17, 15) is 9.18 Å². The van der Waals surface area contributed by atoms with Crippen LogP contribution in [0.1, 0.15) is 15.9 Å². The fourth-order valence-corrected chi connectivity index (χ4v) is 1.49.